The van der Waals surface area contributed by atoms with Gasteiger partial charge in [-0.1, -0.05) is 0 Å². The number of likely N-dealkylation sites (tertiary alicyclic amines) is 1. The van der Waals surface area contributed by atoms with E-state index in [-0.39, 0.29) is 17.6 Å². The molecule has 0 spiro atoms. The Morgan fingerprint density at radius 3 is 2.87 bits per heavy atom. The molecule has 2 aromatic rings. The van der Waals surface area contributed by atoms with E-state index in [9.17, 15) is 14.7 Å². The van der Waals surface area contributed by atoms with E-state index in [1.54, 1.807) is 24.0 Å². The van der Waals surface area contributed by atoms with E-state index in [4.69, 9.17) is 4.42 Å². The van der Waals surface area contributed by atoms with Gasteiger partial charge >= 0.3 is 5.97 Å². The number of hydrogen-bond acceptors (Lipinski definition) is 4. The van der Waals surface area contributed by atoms with Gasteiger partial charge in [0.25, 0.3) is 5.91 Å². The summed E-state index contributed by atoms with van der Waals surface area (Å²) in [6.07, 6.45) is 1.28. The second kappa shape index (κ2) is 5.91. The zero-order valence-corrected chi connectivity index (χ0v) is 13.1. The van der Waals surface area contributed by atoms with Crippen LogP contribution in [0.2, 0.25) is 0 Å². The normalized spacial score (nSPS) is 21.4. The van der Waals surface area contributed by atoms with Crippen molar-refractivity contribution in [1.82, 2.24) is 15.1 Å². The van der Waals surface area contributed by atoms with Gasteiger partial charge < -0.3 is 14.4 Å². The highest BCUT2D eigenvalue weighted by atomic mass is 16.4. The summed E-state index contributed by atoms with van der Waals surface area (Å²) in [5.41, 5.74) is 0.896. The van der Waals surface area contributed by atoms with Crippen LogP contribution in [0.5, 0.6) is 0 Å². The molecule has 7 heteroatoms. The molecule has 23 heavy (non-hydrogen) atoms. The van der Waals surface area contributed by atoms with Gasteiger partial charge in [0, 0.05) is 18.7 Å². The van der Waals surface area contributed by atoms with Gasteiger partial charge in [-0.2, -0.15) is 5.10 Å². The standard InChI is InChI=1S/C16H19N3O4/c1-9-5-6-14(23-9)12-8-13(18-17-12)15(20)19-7-3-4-11(10(19)2)16(21)22/h5-6,8,10-11H,3-4,7H2,1-2H3,(H,17,18)(H,21,22)/t10-,11-/m1/s1. The molecular formula is C16H19N3O4. The average Bonchev–Trinajstić information content (AvgIpc) is 3.15. The number of aromatic nitrogens is 2. The number of carbonyl (C=O) groups is 2. The summed E-state index contributed by atoms with van der Waals surface area (Å²) in [5.74, 6) is -0.252. The van der Waals surface area contributed by atoms with Crippen molar-refractivity contribution in [3.05, 3.63) is 29.7 Å². The lowest BCUT2D eigenvalue weighted by Crippen LogP contribution is -2.49. The van der Waals surface area contributed by atoms with Crippen molar-refractivity contribution < 1.29 is 19.1 Å². The van der Waals surface area contributed by atoms with Crippen molar-refractivity contribution >= 4 is 11.9 Å². The fourth-order valence-corrected chi connectivity index (χ4v) is 3.04. The maximum Gasteiger partial charge on any atom is 0.308 e. The van der Waals surface area contributed by atoms with Crippen molar-refractivity contribution in [2.75, 3.05) is 6.54 Å². The number of carboxylic acids is 1. The molecule has 0 aliphatic carbocycles. The third-order valence-corrected chi connectivity index (χ3v) is 4.37. The Balaban J connectivity index is 1.80. The smallest absolute Gasteiger partial charge is 0.308 e. The Bertz CT molecular complexity index is 733. The Kier molecular flexibility index (Phi) is 3.94. The SMILES string of the molecule is Cc1ccc(-c2cc(C(=O)N3CCC[C@@H](C(=O)O)[C@H]3C)n[nH]2)o1. The quantitative estimate of drug-likeness (QED) is 0.905. The summed E-state index contributed by atoms with van der Waals surface area (Å²) in [6.45, 7) is 4.17. The summed E-state index contributed by atoms with van der Waals surface area (Å²) in [6, 6.07) is 4.93. The van der Waals surface area contributed by atoms with Crippen LogP contribution in [0.1, 0.15) is 36.0 Å². The maximum atomic E-state index is 12.6. The van der Waals surface area contributed by atoms with Crippen molar-refractivity contribution in [2.45, 2.75) is 32.7 Å². The molecule has 7 nitrogen and oxygen atoms in total. The number of aryl methyl sites for hydroxylation is 1. The van der Waals surface area contributed by atoms with Gasteiger partial charge in [0.1, 0.15) is 11.5 Å². The van der Waals surface area contributed by atoms with Gasteiger partial charge in [0.2, 0.25) is 0 Å². The second-order valence-electron chi connectivity index (χ2n) is 5.90. The number of rotatable bonds is 3. The number of nitrogens with one attached hydrogen (secondary N) is 1. The number of aliphatic carboxylic acids is 1. The number of hydrogen-bond donors (Lipinski definition) is 2. The molecule has 2 N–H and O–H groups in total. The third-order valence-electron chi connectivity index (χ3n) is 4.37. The highest BCUT2D eigenvalue weighted by Crippen LogP contribution is 2.26. The first-order valence-electron chi connectivity index (χ1n) is 7.63. The van der Waals surface area contributed by atoms with Gasteiger partial charge in [-0.15, -0.1) is 0 Å². The van der Waals surface area contributed by atoms with Crippen LogP contribution in [0.4, 0.5) is 0 Å². The average molecular weight is 317 g/mol. The lowest BCUT2D eigenvalue weighted by molar-refractivity contribution is -0.144. The Hall–Kier alpha value is -2.57. The first-order valence-corrected chi connectivity index (χ1v) is 7.63. The molecule has 2 aromatic heterocycles. The molecule has 0 aromatic carbocycles. The van der Waals surface area contributed by atoms with E-state index in [0.717, 1.165) is 5.76 Å². The van der Waals surface area contributed by atoms with Crippen LogP contribution in [0.25, 0.3) is 11.5 Å². The van der Waals surface area contributed by atoms with Crippen LogP contribution in [-0.2, 0) is 4.79 Å². The fraction of sp³-hybridized carbons (Fsp3) is 0.438. The molecule has 3 rings (SSSR count). The van der Waals surface area contributed by atoms with Gasteiger partial charge in [-0.3, -0.25) is 14.7 Å². The van der Waals surface area contributed by atoms with E-state index >= 15 is 0 Å². The number of amides is 1. The number of H-pyrrole nitrogens is 1. The molecule has 0 saturated carbocycles. The van der Waals surface area contributed by atoms with Gasteiger partial charge in [0.15, 0.2) is 11.5 Å². The summed E-state index contributed by atoms with van der Waals surface area (Å²) < 4.78 is 5.50. The summed E-state index contributed by atoms with van der Waals surface area (Å²) in [4.78, 5) is 25.5. The van der Waals surface area contributed by atoms with E-state index < -0.39 is 11.9 Å². The lowest BCUT2D eigenvalue weighted by atomic mass is 9.90. The molecule has 1 fully saturated rings. The molecule has 0 radical (unpaired) electrons. The summed E-state index contributed by atoms with van der Waals surface area (Å²) >= 11 is 0. The number of furan rings is 1. The predicted octanol–water partition coefficient (Wildman–Crippen LogP) is 2.30. The number of carboxylic acid groups (broad SMARTS) is 1. The topological polar surface area (TPSA) is 99.4 Å². The Morgan fingerprint density at radius 1 is 1.43 bits per heavy atom. The van der Waals surface area contributed by atoms with Crippen LogP contribution >= 0.6 is 0 Å². The van der Waals surface area contributed by atoms with Gasteiger partial charge in [-0.05, 0) is 38.8 Å². The first-order chi connectivity index (χ1) is 11.0. The minimum absolute atomic E-state index is 0.255. The van der Waals surface area contributed by atoms with Crippen LogP contribution in [0.3, 0.4) is 0 Å². The van der Waals surface area contributed by atoms with Crippen LogP contribution in [-0.4, -0.2) is 44.7 Å². The molecule has 3 heterocycles. The number of carbonyl (C=O) groups excluding carboxylic acids is 1. The molecule has 0 bridgehead atoms. The minimum atomic E-state index is -0.858. The highest BCUT2D eigenvalue weighted by molar-refractivity contribution is 5.94. The molecule has 122 valence electrons. The summed E-state index contributed by atoms with van der Waals surface area (Å²) in [5, 5.41) is 16.1. The largest absolute Gasteiger partial charge is 0.481 e. The van der Waals surface area contributed by atoms with Gasteiger partial charge in [-0.25, -0.2) is 0 Å². The van der Waals surface area contributed by atoms with Crippen molar-refractivity contribution in [2.24, 2.45) is 5.92 Å². The summed E-state index contributed by atoms with van der Waals surface area (Å²) in [7, 11) is 0. The zero-order valence-electron chi connectivity index (χ0n) is 13.1. The highest BCUT2D eigenvalue weighted by Gasteiger charge is 2.36. The maximum absolute atomic E-state index is 12.6. The van der Waals surface area contributed by atoms with E-state index in [0.29, 0.717) is 30.8 Å². The second-order valence-corrected chi connectivity index (χ2v) is 5.90. The number of nitrogens with zero attached hydrogens (tertiary/aromatic N) is 2. The molecule has 1 saturated heterocycles. The molecular weight excluding hydrogens is 298 g/mol. The zero-order chi connectivity index (χ0) is 16.6. The predicted molar refractivity (Wildman–Crippen MR) is 81.9 cm³/mol. The molecule has 1 amide bonds. The van der Waals surface area contributed by atoms with Crippen molar-refractivity contribution in [3.63, 3.8) is 0 Å². The lowest BCUT2D eigenvalue weighted by Gasteiger charge is -2.37. The number of piperidine rings is 1. The van der Waals surface area contributed by atoms with Crippen LogP contribution in [0.15, 0.2) is 22.6 Å². The fourth-order valence-electron chi connectivity index (χ4n) is 3.04. The monoisotopic (exact) mass is 317 g/mol. The molecule has 2 atom stereocenters. The first kappa shape index (κ1) is 15.3. The van der Waals surface area contributed by atoms with Gasteiger partial charge in [0.05, 0.1) is 5.92 Å². The molecule has 0 unspecified atom stereocenters. The van der Waals surface area contributed by atoms with Crippen LogP contribution < -0.4 is 0 Å². The Labute approximate surface area is 133 Å². The Morgan fingerprint density at radius 2 is 2.22 bits per heavy atom. The van der Waals surface area contributed by atoms with Crippen LogP contribution in [0, 0.1) is 12.8 Å². The van der Waals surface area contributed by atoms with Crippen molar-refractivity contribution in [1.29, 1.82) is 0 Å². The van der Waals surface area contributed by atoms with E-state index in [2.05, 4.69) is 10.2 Å². The molecule has 1 aliphatic heterocycles. The molecule has 1 aliphatic rings. The van der Waals surface area contributed by atoms with E-state index in [1.165, 1.54) is 0 Å². The van der Waals surface area contributed by atoms with Crippen molar-refractivity contribution in [3.8, 4) is 11.5 Å². The number of aromatic amines is 1. The minimum Gasteiger partial charge on any atom is -0.481 e. The van der Waals surface area contributed by atoms with E-state index in [1.807, 2.05) is 13.0 Å². The third kappa shape index (κ3) is 2.86.